The van der Waals surface area contributed by atoms with Gasteiger partial charge in [-0.25, -0.2) is 0 Å². The van der Waals surface area contributed by atoms with Crippen LogP contribution in [0.25, 0.3) is 0 Å². The molecule has 0 N–H and O–H groups in total. The monoisotopic (exact) mass is 357 g/mol. The van der Waals surface area contributed by atoms with Crippen molar-refractivity contribution in [3.63, 3.8) is 0 Å². The summed E-state index contributed by atoms with van der Waals surface area (Å²) >= 11 is 11.8. The van der Waals surface area contributed by atoms with Crippen LogP contribution in [0.5, 0.6) is 0 Å². The number of piperidine rings is 1. The van der Waals surface area contributed by atoms with Crippen LogP contribution in [0, 0.1) is 0 Å². The molecule has 0 bridgehead atoms. The first-order chi connectivity index (χ1) is 11.0. The lowest BCUT2D eigenvalue weighted by Gasteiger charge is -2.35. The number of carbonyl (C=O) groups is 2. The highest BCUT2D eigenvalue weighted by Crippen LogP contribution is 2.22. The fraction of sp³-hybridized carbons (Fsp3) is 0.529. The Labute approximate surface area is 146 Å². The van der Waals surface area contributed by atoms with E-state index in [1.54, 1.807) is 18.2 Å². The van der Waals surface area contributed by atoms with Gasteiger partial charge in [-0.05, 0) is 43.4 Å². The van der Waals surface area contributed by atoms with E-state index in [0.717, 1.165) is 32.2 Å². The summed E-state index contributed by atoms with van der Waals surface area (Å²) < 4.78 is 5.12. The first-order valence-electron chi connectivity index (χ1n) is 7.90. The van der Waals surface area contributed by atoms with Gasteiger partial charge in [-0.2, -0.15) is 0 Å². The zero-order valence-electron chi connectivity index (χ0n) is 13.2. The fourth-order valence-electron chi connectivity index (χ4n) is 2.85. The summed E-state index contributed by atoms with van der Waals surface area (Å²) in [6.07, 6.45) is 4.14. The number of benzene rings is 1. The number of esters is 1. The molecule has 0 saturated carbocycles. The average Bonchev–Trinajstić information content (AvgIpc) is 2.55. The van der Waals surface area contributed by atoms with Crippen molar-refractivity contribution in [2.75, 3.05) is 13.2 Å². The molecule has 1 aliphatic rings. The molecule has 1 aliphatic heterocycles. The molecular formula is C17H21Cl2NO3. The standard InChI is InChI=1S/C17H21Cl2NO3/c1-2-14-5-3-4-8-20(14)16(21)11-23-17(22)9-12-6-7-13(18)10-15(12)19/h6-7,10,14H,2-5,8-9,11H2,1H3. The molecule has 0 radical (unpaired) electrons. The van der Waals surface area contributed by atoms with Crippen LogP contribution in [-0.4, -0.2) is 36.0 Å². The Kier molecular flexibility index (Phi) is 6.72. The second kappa shape index (κ2) is 8.55. The molecule has 1 unspecified atom stereocenters. The van der Waals surface area contributed by atoms with Crippen LogP contribution in [0.15, 0.2) is 18.2 Å². The number of hydrogen-bond acceptors (Lipinski definition) is 3. The third-order valence-corrected chi connectivity index (χ3v) is 4.71. The van der Waals surface area contributed by atoms with Gasteiger partial charge in [0.1, 0.15) is 0 Å². The molecule has 1 saturated heterocycles. The van der Waals surface area contributed by atoms with Gasteiger partial charge < -0.3 is 9.64 Å². The lowest BCUT2D eigenvalue weighted by molar-refractivity contribution is -0.153. The maximum Gasteiger partial charge on any atom is 0.310 e. The first kappa shape index (κ1) is 18.1. The zero-order chi connectivity index (χ0) is 16.8. The number of amides is 1. The molecule has 1 atom stereocenters. The molecule has 1 fully saturated rings. The highest BCUT2D eigenvalue weighted by Gasteiger charge is 2.25. The van der Waals surface area contributed by atoms with Crippen molar-refractivity contribution in [2.45, 2.75) is 45.1 Å². The Morgan fingerprint density at radius 2 is 2.09 bits per heavy atom. The van der Waals surface area contributed by atoms with Crippen LogP contribution in [0.1, 0.15) is 38.2 Å². The summed E-state index contributed by atoms with van der Waals surface area (Å²) in [4.78, 5) is 26.0. The van der Waals surface area contributed by atoms with E-state index in [1.807, 2.05) is 4.90 Å². The topological polar surface area (TPSA) is 46.6 Å². The number of ether oxygens (including phenoxy) is 1. The van der Waals surface area contributed by atoms with E-state index in [4.69, 9.17) is 27.9 Å². The van der Waals surface area contributed by atoms with Gasteiger partial charge in [0.15, 0.2) is 6.61 Å². The Balaban J connectivity index is 1.84. The Hall–Kier alpha value is -1.26. The molecule has 6 heteroatoms. The summed E-state index contributed by atoms with van der Waals surface area (Å²) in [5, 5.41) is 0.931. The molecule has 126 valence electrons. The summed E-state index contributed by atoms with van der Waals surface area (Å²) in [5.74, 6) is -0.584. The van der Waals surface area contributed by atoms with Crippen molar-refractivity contribution in [1.82, 2.24) is 4.90 Å². The van der Waals surface area contributed by atoms with Gasteiger partial charge in [0.2, 0.25) is 0 Å². The third kappa shape index (κ3) is 5.11. The average molecular weight is 358 g/mol. The van der Waals surface area contributed by atoms with Crippen molar-refractivity contribution in [2.24, 2.45) is 0 Å². The second-order valence-corrected chi connectivity index (χ2v) is 6.56. The maximum atomic E-state index is 12.2. The van der Waals surface area contributed by atoms with Crippen LogP contribution in [0.4, 0.5) is 0 Å². The lowest BCUT2D eigenvalue weighted by Crippen LogP contribution is -2.45. The van der Waals surface area contributed by atoms with E-state index in [2.05, 4.69) is 6.92 Å². The Bertz CT molecular complexity index is 577. The molecule has 2 rings (SSSR count). The largest absolute Gasteiger partial charge is 0.455 e. The number of hydrogen-bond donors (Lipinski definition) is 0. The van der Waals surface area contributed by atoms with E-state index in [0.29, 0.717) is 15.6 Å². The molecule has 0 spiro atoms. The van der Waals surface area contributed by atoms with Gasteiger partial charge in [-0.3, -0.25) is 9.59 Å². The molecule has 0 aliphatic carbocycles. The number of nitrogens with zero attached hydrogens (tertiary/aromatic N) is 1. The van der Waals surface area contributed by atoms with E-state index in [-0.39, 0.29) is 25.0 Å². The van der Waals surface area contributed by atoms with Crippen LogP contribution in [0.3, 0.4) is 0 Å². The van der Waals surface area contributed by atoms with Crippen LogP contribution >= 0.6 is 23.2 Å². The van der Waals surface area contributed by atoms with Gasteiger partial charge in [-0.15, -0.1) is 0 Å². The molecule has 1 aromatic rings. The summed E-state index contributed by atoms with van der Waals surface area (Å²) in [5.41, 5.74) is 0.637. The fourth-order valence-corrected chi connectivity index (χ4v) is 3.33. The van der Waals surface area contributed by atoms with Crippen molar-refractivity contribution in [3.8, 4) is 0 Å². The predicted octanol–water partition coefficient (Wildman–Crippen LogP) is 3.87. The lowest BCUT2D eigenvalue weighted by atomic mass is 10.00. The van der Waals surface area contributed by atoms with Crippen molar-refractivity contribution in [1.29, 1.82) is 0 Å². The minimum absolute atomic E-state index is 0.0283. The van der Waals surface area contributed by atoms with Gasteiger partial charge in [0.25, 0.3) is 5.91 Å². The van der Waals surface area contributed by atoms with Gasteiger partial charge >= 0.3 is 5.97 Å². The van der Waals surface area contributed by atoms with Gasteiger partial charge in [0.05, 0.1) is 6.42 Å². The van der Waals surface area contributed by atoms with E-state index < -0.39 is 5.97 Å². The number of likely N-dealkylation sites (tertiary alicyclic amines) is 1. The molecular weight excluding hydrogens is 337 g/mol. The minimum Gasteiger partial charge on any atom is -0.455 e. The smallest absolute Gasteiger partial charge is 0.310 e. The Morgan fingerprint density at radius 3 is 2.78 bits per heavy atom. The molecule has 23 heavy (non-hydrogen) atoms. The summed E-state index contributed by atoms with van der Waals surface area (Å²) in [7, 11) is 0. The molecule has 4 nitrogen and oxygen atoms in total. The van der Waals surface area contributed by atoms with Crippen molar-refractivity contribution >= 4 is 35.1 Å². The highest BCUT2D eigenvalue weighted by atomic mass is 35.5. The molecule has 1 heterocycles. The third-order valence-electron chi connectivity index (χ3n) is 4.13. The Morgan fingerprint density at radius 1 is 1.30 bits per heavy atom. The normalized spacial score (nSPS) is 17.9. The van der Waals surface area contributed by atoms with Crippen LogP contribution in [0.2, 0.25) is 10.0 Å². The number of halogens is 2. The van der Waals surface area contributed by atoms with Crippen LogP contribution < -0.4 is 0 Å². The zero-order valence-corrected chi connectivity index (χ0v) is 14.7. The molecule has 0 aromatic heterocycles. The van der Waals surface area contributed by atoms with E-state index >= 15 is 0 Å². The summed E-state index contributed by atoms with van der Waals surface area (Å²) in [6, 6.07) is 5.20. The van der Waals surface area contributed by atoms with Gasteiger partial charge in [0, 0.05) is 22.6 Å². The SMILES string of the molecule is CCC1CCCCN1C(=O)COC(=O)Cc1ccc(Cl)cc1Cl. The number of rotatable bonds is 5. The maximum absolute atomic E-state index is 12.2. The molecule has 1 amide bonds. The van der Waals surface area contributed by atoms with Gasteiger partial charge in [-0.1, -0.05) is 36.2 Å². The predicted molar refractivity (Wildman–Crippen MR) is 90.8 cm³/mol. The second-order valence-electron chi connectivity index (χ2n) is 5.72. The minimum atomic E-state index is -0.465. The summed E-state index contributed by atoms with van der Waals surface area (Å²) in [6.45, 7) is 2.61. The highest BCUT2D eigenvalue weighted by molar-refractivity contribution is 6.35. The first-order valence-corrected chi connectivity index (χ1v) is 8.66. The molecule has 1 aromatic carbocycles. The van der Waals surface area contributed by atoms with Crippen molar-refractivity contribution < 1.29 is 14.3 Å². The van der Waals surface area contributed by atoms with Crippen LogP contribution in [-0.2, 0) is 20.7 Å². The van der Waals surface area contributed by atoms with E-state index in [1.165, 1.54) is 0 Å². The quantitative estimate of drug-likeness (QED) is 0.751. The number of carbonyl (C=O) groups excluding carboxylic acids is 2. The van der Waals surface area contributed by atoms with E-state index in [9.17, 15) is 9.59 Å². The van der Waals surface area contributed by atoms with Crippen molar-refractivity contribution in [3.05, 3.63) is 33.8 Å².